The molecule has 0 saturated carbocycles. The highest BCUT2D eigenvalue weighted by atomic mass is 35.5. The zero-order valence-electron chi connectivity index (χ0n) is 22.2. The maximum atomic E-state index is 13.9. The molecule has 1 aliphatic rings. The summed E-state index contributed by atoms with van der Waals surface area (Å²) in [5.74, 6) is 2.11. The van der Waals surface area contributed by atoms with Gasteiger partial charge in [-0.1, -0.05) is 47.9 Å². The molecule has 5 N–H and O–H groups in total. The molecule has 2 heterocycles. The Morgan fingerprint density at radius 2 is 1.90 bits per heavy atom. The monoisotopic (exact) mass is 621 g/mol. The van der Waals surface area contributed by atoms with Crippen LogP contribution < -0.4 is 20.9 Å². The Bertz CT molecular complexity index is 1560. The molecule has 2 aromatic carbocycles. The minimum atomic E-state index is -4.37. The molecule has 1 saturated heterocycles. The van der Waals surface area contributed by atoms with Crippen LogP contribution in [-0.4, -0.2) is 61.6 Å². The molecule has 7 unspecified atom stereocenters. The highest BCUT2D eigenvalue weighted by molar-refractivity contribution is 7.52. The molecule has 1 aromatic heterocycles. The molecule has 0 aliphatic carbocycles. The maximum absolute atomic E-state index is 13.9. The summed E-state index contributed by atoms with van der Waals surface area (Å²) in [7, 11) is -4.37. The van der Waals surface area contributed by atoms with Crippen molar-refractivity contribution in [2.24, 2.45) is 0 Å². The lowest BCUT2D eigenvalue weighted by Gasteiger charge is -2.27. The number of aliphatic hydroxyl groups is 3. The topological polar surface area (TPSA) is 182 Å². The molecule has 1 fully saturated rings. The number of benzene rings is 2. The van der Waals surface area contributed by atoms with Crippen LogP contribution in [0.15, 0.2) is 76.4 Å². The van der Waals surface area contributed by atoms with Gasteiger partial charge >= 0.3 is 13.4 Å². The van der Waals surface area contributed by atoms with E-state index in [2.05, 4.69) is 5.09 Å². The summed E-state index contributed by atoms with van der Waals surface area (Å²) in [6, 6.07) is 14.9. The molecule has 13 nitrogen and oxygen atoms in total. The Hall–Kier alpha value is -3.28. The van der Waals surface area contributed by atoms with Crippen molar-refractivity contribution in [3.05, 3.63) is 98.3 Å². The number of ether oxygens (including phenoxy) is 2. The van der Waals surface area contributed by atoms with Crippen LogP contribution in [0, 0.1) is 12.3 Å². The van der Waals surface area contributed by atoms with E-state index < -0.39 is 62.0 Å². The van der Waals surface area contributed by atoms with Gasteiger partial charge in [0.25, 0.3) is 5.56 Å². The Balaban J connectivity index is 1.51. The van der Waals surface area contributed by atoms with Crippen molar-refractivity contribution in [1.29, 1.82) is 0 Å². The first kappa shape index (κ1) is 31.7. The van der Waals surface area contributed by atoms with E-state index in [1.807, 2.05) is 29.1 Å². The van der Waals surface area contributed by atoms with E-state index in [0.29, 0.717) is 5.02 Å². The number of rotatable bonds is 12. The molecular weight excluding hydrogens is 593 g/mol. The standard InChI is InChI=1S/C27H29ClN3O10P/c1-3-27(36)23(33)21(40-25(27)31-14-13-22(32)29-26(31)35)16-39-42(37,41-20-11-9-19(28)10-12-20)30-17(2)24(34)38-15-18-7-5-4-6-8-18/h1,4-14,17,21,23-25,33-34,36H,15-16H2,2H3,(H,30,37)(H,29,32,35). The number of halogens is 1. The van der Waals surface area contributed by atoms with Gasteiger partial charge in [0, 0.05) is 17.3 Å². The third-order valence-electron chi connectivity index (χ3n) is 6.32. The lowest BCUT2D eigenvalue weighted by Crippen LogP contribution is -2.48. The Labute approximate surface area is 245 Å². The van der Waals surface area contributed by atoms with E-state index in [1.165, 1.54) is 31.2 Å². The van der Waals surface area contributed by atoms with E-state index in [1.54, 1.807) is 12.1 Å². The fraction of sp³-hybridized carbons (Fsp3) is 0.333. The minimum Gasteiger partial charge on any atom is -0.413 e. The van der Waals surface area contributed by atoms with Crippen molar-refractivity contribution in [1.82, 2.24) is 14.6 Å². The Kier molecular flexibility index (Phi) is 10.1. The van der Waals surface area contributed by atoms with Gasteiger partial charge in [-0.05, 0) is 36.8 Å². The second-order valence-corrected chi connectivity index (χ2v) is 11.5. The number of nitrogens with zero attached hydrogens (tertiary/aromatic N) is 1. The molecule has 4 rings (SSSR count). The lowest BCUT2D eigenvalue weighted by atomic mass is 9.95. The molecule has 0 amide bonds. The zero-order valence-corrected chi connectivity index (χ0v) is 23.9. The summed E-state index contributed by atoms with van der Waals surface area (Å²) in [5, 5.41) is 35.4. The normalized spacial score (nSPS) is 24.8. The number of terminal acetylenes is 1. The number of aliphatic hydroxyl groups excluding tert-OH is 2. The van der Waals surface area contributed by atoms with Crippen molar-refractivity contribution in [2.45, 2.75) is 49.9 Å². The van der Waals surface area contributed by atoms with Gasteiger partial charge in [0.1, 0.15) is 18.0 Å². The van der Waals surface area contributed by atoms with E-state index in [-0.39, 0.29) is 12.4 Å². The third kappa shape index (κ3) is 7.37. The summed E-state index contributed by atoms with van der Waals surface area (Å²) in [5.41, 5.74) is -3.29. The second-order valence-electron chi connectivity index (χ2n) is 9.40. The van der Waals surface area contributed by atoms with Crippen LogP contribution in [0.5, 0.6) is 5.75 Å². The van der Waals surface area contributed by atoms with Gasteiger partial charge in [-0.15, -0.1) is 6.42 Å². The first-order chi connectivity index (χ1) is 19.9. The molecule has 15 heteroatoms. The Morgan fingerprint density at radius 1 is 1.21 bits per heavy atom. The smallest absolute Gasteiger partial charge is 0.413 e. The molecule has 42 heavy (non-hydrogen) atoms. The maximum Gasteiger partial charge on any atom is 0.459 e. The lowest BCUT2D eigenvalue weighted by molar-refractivity contribution is -0.122. The first-order valence-electron chi connectivity index (χ1n) is 12.6. The fourth-order valence-electron chi connectivity index (χ4n) is 4.06. The predicted molar refractivity (Wildman–Crippen MR) is 150 cm³/mol. The van der Waals surface area contributed by atoms with E-state index in [0.717, 1.165) is 22.4 Å². The van der Waals surface area contributed by atoms with Crippen molar-refractivity contribution in [2.75, 3.05) is 6.61 Å². The molecule has 1 aliphatic heterocycles. The Morgan fingerprint density at radius 3 is 2.55 bits per heavy atom. The number of H-pyrrole nitrogens is 1. The van der Waals surface area contributed by atoms with Crippen LogP contribution in [0.2, 0.25) is 5.02 Å². The van der Waals surface area contributed by atoms with Crippen LogP contribution in [0.1, 0.15) is 18.7 Å². The summed E-state index contributed by atoms with van der Waals surface area (Å²) in [6.07, 6.45) is 0.189. The van der Waals surface area contributed by atoms with E-state index in [9.17, 15) is 29.5 Å². The summed E-state index contributed by atoms with van der Waals surface area (Å²) < 4.78 is 37.1. The number of nitrogens with one attached hydrogen (secondary N) is 2. The number of hydrogen-bond donors (Lipinski definition) is 5. The molecule has 0 bridgehead atoms. The summed E-state index contributed by atoms with van der Waals surface area (Å²) in [4.78, 5) is 25.8. The van der Waals surface area contributed by atoms with Crippen LogP contribution in [-0.2, 0) is 25.2 Å². The van der Waals surface area contributed by atoms with Gasteiger partial charge in [0.05, 0.1) is 19.3 Å². The minimum absolute atomic E-state index is 0.0650. The molecule has 224 valence electrons. The zero-order chi connectivity index (χ0) is 30.5. The van der Waals surface area contributed by atoms with Crippen LogP contribution in [0.3, 0.4) is 0 Å². The van der Waals surface area contributed by atoms with Crippen LogP contribution in [0.25, 0.3) is 0 Å². The van der Waals surface area contributed by atoms with Crippen molar-refractivity contribution >= 4 is 19.3 Å². The van der Waals surface area contributed by atoms with Crippen molar-refractivity contribution in [3.63, 3.8) is 0 Å². The van der Waals surface area contributed by atoms with Gasteiger partial charge < -0.3 is 29.3 Å². The van der Waals surface area contributed by atoms with Crippen molar-refractivity contribution in [3.8, 4) is 18.1 Å². The number of hydrogen-bond acceptors (Lipinski definition) is 10. The van der Waals surface area contributed by atoms with Crippen LogP contribution in [0.4, 0.5) is 0 Å². The molecule has 7 atom stereocenters. The average molecular weight is 622 g/mol. The number of aromatic nitrogens is 2. The molecule has 0 radical (unpaired) electrons. The molecular formula is C27H29ClN3O10P. The highest BCUT2D eigenvalue weighted by Crippen LogP contribution is 2.47. The summed E-state index contributed by atoms with van der Waals surface area (Å²) >= 11 is 5.93. The predicted octanol–water partition coefficient (Wildman–Crippen LogP) is 1.53. The van der Waals surface area contributed by atoms with Gasteiger partial charge in [0.2, 0.25) is 0 Å². The molecule has 3 aromatic rings. The summed E-state index contributed by atoms with van der Waals surface area (Å²) in [6.45, 7) is 0.883. The number of aromatic amines is 1. The van der Waals surface area contributed by atoms with Crippen molar-refractivity contribution < 1.29 is 38.4 Å². The highest BCUT2D eigenvalue weighted by Gasteiger charge is 2.56. The van der Waals surface area contributed by atoms with E-state index in [4.69, 9.17) is 36.5 Å². The third-order valence-corrected chi connectivity index (χ3v) is 8.23. The van der Waals surface area contributed by atoms with Crippen LogP contribution >= 0.6 is 19.3 Å². The van der Waals surface area contributed by atoms with E-state index >= 15 is 0 Å². The largest absolute Gasteiger partial charge is 0.459 e. The fourth-order valence-corrected chi connectivity index (χ4v) is 5.73. The quantitative estimate of drug-likeness (QED) is 0.112. The second kappa shape index (κ2) is 13.4. The van der Waals surface area contributed by atoms with Gasteiger partial charge in [-0.3, -0.25) is 18.9 Å². The average Bonchev–Trinajstić information content (AvgIpc) is 3.22. The first-order valence-corrected chi connectivity index (χ1v) is 14.5. The molecule has 0 spiro atoms. The van der Waals surface area contributed by atoms with Gasteiger partial charge in [-0.25, -0.2) is 14.4 Å². The van der Waals surface area contributed by atoms with Gasteiger partial charge in [0.15, 0.2) is 18.1 Å². The SMILES string of the molecule is C#CC1(O)C(O)C(COP(=O)(NC(C)C(O)OCc2ccccc2)Oc2ccc(Cl)cc2)OC1n1ccc(=O)[nH]c1=O. The van der Waals surface area contributed by atoms with Gasteiger partial charge in [-0.2, -0.15) is 0 Å².